The molecule has 0 saturated carbocycles. The van der Waals surface area contributed by atoms with E-state index in [4.69, 9.17) is 0 Å². The Hall–Kier alpha value is -3.03. The van der Waals surface area contributed by atoms with Crippen molar-refractivity contribution >= 4 is 11.8 Å². The van der Waals surface area contributed by atoms with Crippen LogP contribution in [0.2, 0.25) is 0 Å². The molecule has 2 aliphatic rings. The molecule has 1 atom stereocenters. The van der Waals surface area contributed by atoms with Crippen molar-refractivity contribution in [2.45, 2.75) is 37.8 Å². The Morgan fingerprint density at radius 2 is 1.96 bits per heavy atom. The van der Waals surface area contributed by atoms with Crippen LogP contribution in [0.3, 0.4) is 0 Å². The van der Waals surface area contributed by atoms with Gasteiger partial charge in [0.05, 0.1) is 18.4 Å². The summed E-state index contributed by atoms with van der Waals surface area (Å²) in [7, 11) is 0. The molecule has 4 rings (SSSR count). The molecule has 1 N–H and O–H groups in total. The maximum atomic E-state index is 13.4. The van der Waals surface area contributed by atoms with Crippen LogP contribution in [0.4, 0.5) is 0 Å². The number of amides is 2. The number of aromatic nitrogens is 3. The van der Waals surface area contributed by atoms with Gasteiger partial charge in [0, 0.05) is 25.5 Å². The van der Waals surface area contributed by atoms with Gasteiger partial charge in [0.2, 0.25) is 5.91 Å². The number of hydrogen-bond donors (Lipinski definition) is 1. The molecule has 140 valence electrons. The molecule has 1 unspecified atom stereocenters. The Morgan fingerprint density at radius 3 is 2.67 bits per heavy atom. The highest BCUT2D eigenvalue weighted by Gasteiger charge is 2.53. The van der Waals surface area contributed by atoms with E-state index >= 15 is 0 Å². The zero-order valence-corrected chi connectivity index (χ0v) is 14.9. The minimum atomic E-state index is -0.818. The summed E-state index contributed by atoms with van der Waals surface area (Å²) in [5, 5.41) is 0. The van der Waals surface area contributed by atoms with E-state index in [1.165, 1.54) is 6.20 Å². The first kappa shape index (κ1) is 17.4. The van der Waals surface area contributed by atoms with Gasteiger partial charge >= 0.3 is 0 Å². The smallest absolute Gasteiger partial charge is 0.274 e. The highest BCUT2D eigenvalue weighted by molar-refractivity contribution is 5.98. The molecular weight excluding hydrogens is 346 g/mol. The average Bonchev–Trinajstić information content (AvgIpc) is 3.11. The van der Waals surface area contributed by atoms with E-state index < -0.39 is 5.54 Å². The summed E-state index contributed by atoms with van der Waals surface area (Å²) in [6.07, 6.45) is 7.04. The second-order valence-corrected chi connectivity index (χ2v) is 7.04. The van der Waals surface area contributed by atoms with Crippen molar-refractivity contribution < 1.29 is 9.59 Å². The average molecular weight is 367 g/mol. The zero-order valence-electron chi connectivity index (χ0n) is 14.9. The topological polar surface area (TPSA) is 99.3 Å². The van der Waals surface area contributed by atoms with Crippen molar-refractivity contribution in [1.29, 1.82) is 0 Å². The van der Waals surface area contributed by atoms with Crippen molar-refractivity contribution in [1.82, 2.24) is 24.8 Å². The van der Waals surface area contributed by atoms with E-state index in [-0.39, 0.29) is 23.1 Å². The predicted molar refractivity (Wildman–Crippen MR) is 96.7 cm³/mol. The molecular formula is C19H21N5O3. The molecule has 8 heteroatoms. The molecule has 0 bridgehead atoms. The SMILES string of the molecule is O=C(c1c[nH]c(=O)cn1)N1CCCC12CCCN(Cc1ccccn1)C2=O. The third kappa shape index (κ3) is 3.11. The number of piperidine rings is 1. The molecule has 0 aromatic carbocycles. The van der Waals surface area contributed by atoms with Gasteiger partial charge in [-0.1, -0.05) is 6.07 Å². The van der Waals surface area contributed by atoms with Gasteiger partial charge in [-0.2, -0.15) is 0 Å². The van der Waals surface area contributed by atoms with E-state index in [0.717, 1.165) is 24.7 Å². The number of H-pyrrole nitrogens is 1. The normalized spacial score (nSPS) is 22.4. The third-order valence-corrected chi connectivity index (χ3v) is 5.41. The van der Waals surface area contributed by atoms with E-state index in [9.17, 15) is 14.4 Å². The molecule has 2 aromatic heterocycles. The van der Waals surface area contributed by atoms with Crippen LogP contribution >= 0.6 is 0 Å². The van der Waals surface area contributed by atoms with Crippen molar-refractivity contribution in [2.24, 2.45) is 0 Å². The summed E-state index contributed by atoms with van der Waals surface area (Å²) in [5.41, 5.74) is -0.188. The van der Waals surface area contributed by atoms with Gasteiger partial charge in [0.25, 0.3) is 11.5 Å². The minimum absolute atomic E-state index is 0.0188. The Labute approximate surface area is 156 Å². The first-order valence-electron chi connectivity index (χ1n) is 9.16. The quantitative estimate of drug-likeness (QED) is 0.871. The number of pyridine rings is 1. The van der Waals surface area contributed by atoms with Crippen LogP contribution in [-0.2, 0) is 11.3 Å². The number of hydrogen-bond acceptors (Lipinski definition) is 5. The van der Waals surface area contributed by atoms with Gasteiger partial charge in [-0.15, -0.1) is 0 Å². The summed E-state index contributed by atoms with van der Waals surface area (Å²) in [5.74, 6) is -0.327. The zero-order chi connectivity index (χ0) is 18.9. The third-order valence-electron chi connectivity index (χ3n) is 5.41. The lowest BCUT2D eigenvalue weighted by Gasteiger charge is -2.44. The van der Waals surface area contributed by atoms with Crippen LogP contribution in [-0.4, -0.2) is 55.2 Å². The van der Waals surface area contributed by atoms with Crippen LogP contribution in [0.25, 0.3) is 0 Å². The maximum absolute atomic E-state index is 13.4. The fourth-order valence-corrected chi connectivity index (χ4v) is 4.16. The standard InChI is InChI=1S/C19H21N5O3/c25-16-12-21-15(11-22-16)17(26)24-10-4-7-19(24)6-3-9-23(18(19)27)13-14-5-1-2-8-20-14/h1-2,5,8,11-12H,3-4,6-7,9-10,13H2,(H,22,25). The second-order valence-electron chi connectivity index (χ2n) is 7.04. The van der Waals surface area contributed by atoms with E-state index in [1.807, 2.05) is 18.2 Å². The summed E-state index contributed by atoms with van der Waals surface area (Å²) in [6.45, 7) is 1.62. The molecule has 27 heavy (non-hydrogen) atoms. The summed E-state index contributed by atoms with van der Waals surface area (Å²) >= 11 is 0. The molecule has 8 nitrogen and oxygen atoms in total. The molecule has 2 saturated heterocycles. The van der Waals surface area contributed by atoms with Gasteiger partial charge in [0.1, 0.15) is 11.2 Å². The minimum Gasteiger partial charge on any atom is -0.335 e. The van der Waals surface area contributed by atoms with Crippen LogP contribution in [0.5, 0.6) is 0 Å². The van der Waals surface area contributed by atoms with Crippen LogP contribution in [0.1, 0.15) is 41.9 Å². The maximum Gasteiger partial charge on any atom is 0.274 e. The number of carbonyl (C=O) groups excluding carboxylic acids is 2. The highest BCUT2D eigenvalue weighted by Crippen LogP contribution is 2.39. The van der Waals surface area contributed by atoms with Gasteiger partial charge < -0.3 is 14.8 Å². The molecule has 0 aliphatic carbocycles. The second kappa shape index (κ2) is 6.94. The largest absolute Gasteiger partial charge is 0.335 e. The van der Waals surface area contributed by atoms with Gasteiger partial charge in [-0.25, -0.2) is 4.98 Å². The van der Waals surface area contributed by atoms with Crippen LogP contribution in [0, 0.1) is 0 Å². The first-order valence-corrected chi connectivity index (χ1v) is 9.16. The summed E-state index contributed by atoms with van der Waals surface area (Å²) < 4.78 is 0. The van der Waals surface area contributed by atoms with Gasteiger partial charge in [-0.3, -0.25) is 19.4 Å². The number of carbonyl (C=O) groups is 2. The Morgan fingerprint density at radius 1 is 1.15 bits per heavy atom. The summed E-state index contributed by atoms with van der Waals surface area (Å²) in [6, 6.07) is 5.65. The fraction of sp³-hybridized carbons (Fsp3) is 0.421. The number of rotatable bonds is 3. The van der Waals surface area contributed by atoms with E-state index in [0.29, 0.717) is 32.5 Å². The molecule has 2 aromatic rings. The van der Waals surface area contributed by atoms with Crippen molar-refractivity contribution in [3.8, 4) is 0 Å². The fourth-order valence-electron chi connectivity index (χ4n) is 4.16. The lowest BCUT2D eigenvalue weighted by Crippen LogP contribution is -2.61. The van der Waals surface area contributed by atoms with Crippen LogP contribution in [0.15, 0.2) is 41.6 Å². The molecule has 4 heterocycles. The number of nitrogens with one attached hydrogen (secondary N) is 1. The van der Waals surface area contributed by atoms with E-state index in [1.54, 1.807) is 16.0 Å². The Balaban J connectivity index is 1.59. The van der Waals surface area contributed by atoms with Gasteiger partial charge in [0.15, 0.2) is 0 Å². The molecule has 2 fully saturated rings. The molecule has 2 amide bonds. The lowest BCUT2D eigenvalue weighted by atomic mass is 9.85. The molecule has 2 aliphatic heterocycles. The monoisotopic (exact) mass is 367 g/mol. The van der Waals surface area contributed by atoms with Gasteiger partial charge in [-0.05, 0) is 37.8 Å². The molecule has 0 radical (unpaired) electrons. The summed E-state index contributed by atoms with van der Waals surface area (Å²) in [4.78, 5) is 51.8. The van der Waals surface area contributed by atoms with Crippen LogP contribution < -0.4 is 5.56 Å². The molecule has 1 spiro atoms. The Bertz CT molecular complexity index is 893. The first-order chi connectivity index (χ1) is 13.1. The van der Waals surface area contributed by atoms with Crippen molar-refractivity contribution in [3.05, 3.63) is 58.5 Å². The van der Waals surface area contributed by atoms with Crippen molar-refractivity contribution in [2.75, 3.05) is 13.1 Å². The number of aromatic amines is 1. The van der Waals surface area contributed by atoms with Crippen molar-refractivity contribution in [3.63, 3.8) is 0 Å². The number of nitrogens with zero attached hydrogens (tertiary/aromatic N) is 4. The number of likely N-dealkylation sites (tertiary alicyclic amines) is 2. The van der Waals surface area contributed by atoms with E-state index in [2.05, 4.69) is 15.0 Å². The lowest BCUT2D eigenvalue weighted by molar-refractivity contribution is -0.146. The predicted octanol–water partition coefficient (Wildman–Crippen LogP) is 0.962. The highest BCUT2D eigenvalue weighted by atomic mass is 16.2. The Kier molecular flexibility index (Phi) is 4.47.